The van der Waals surface area contributed by atoms with Gasteiger partial charge in [0.2, 0.25) is 0 Å². The topological polar surface area (TPSA) is 81.4 Å². The standard InChI is InChI=1S/C23H24N2O4/c1-15-7-2-4-9-18(15)25-22(26)14-29-23(27)17-13-20(21-11-6-12-28-21)24-19-10-5-3-8-16(17)19/h3,5-6,8,10-13,15,18H,2,4,7,9,14H2,1H3,(H,25,26)/t15-,18+/m0/s1. The van der Waals surface area contributed by atoms with E-state index in [1.54, 1.807) is 24.5 Å². The third-order valence-corrected chi connectivity index (χ3v) is 5.50. The number of carbonyl (C=O) groups is 2. The van der Waals surface area contributed by atoms with Crippen LogP contribution in [-0.2, 0) is 9.53 Å². The molecule has 2 aromatic heterocycles. The Hall–Kier alpha value is -3.15. The average molecular weight is 392 g/mol. The second-order valence-electron chi connectivity index (χ2n) is 7.56. The number of hydrogen-bond donors (Lipinski definition) is 1. The molecule has 1 aliphatic carbocycles. The van der Waals surface area contributed by atoms with E-state index < -0.39 is 5.97 Å². The van der Waals surface area contributed by atoms with Crippen molar-refractivity contribution in [2.45, 2.75) is 38.6 Å². The molecule has 2 atom stereocenters. The summed E-state index contributed by atoms with van der Waals surface area (Å²) in [6.07, 6.45) is 5.97. The zero-order chi connectivity index (χ0) is 20.2. The molecule has 29 heavy (non-hydrogen) atoms. The number of nitrogens with one attached hydrogen (secondary N) is 1. The third-order valence-electron chi connectivity index (χ3n) is 5.50. The number of rotatable bonds is 5. The van der Waals surface area contributed by atoms with Crippen LogP contribution in [0, 0.1) is 5.92 Å². The van der Waals surface area contributed by atoms with Gasteiger partial charge >= 0.3 is 5.97 Å². The fourth-order valence-corrected chi connectivity index (χ4v) is 3.88. The Balaban J connectivity index is 1.50. The number of carbonyl (C=O) groups excluding carboxylic acids is 2. The Morgan fingerprint density at radius 1 is 1.17 bits per heavy atom. The maximum Gasteiger partial charge on any atom is 0.339 e. The Bertz CT molecular complexity index is 1010. The first kappa shape index (κ1) is 19.2. The van der Waals surface area contributed by atoms with Crippen LogP contribution in [0.2, 0.25) is 0 Å². The Labute approximate surface area is 169 Å². The zero-order valence-corrected chi connectivity index (χ0v) is 16.4. The molecule has 1 N–H and O–H groups in total. The van der Waals surface area contributed by atoms with E-state index in [-0.39, 0.29) is 18.6 Å². The first-order chi connectivity index (χ1) is 14.1. The molecule has 0 radical (unpaired) electrons. The van der Waals surface area contributed by atoms with E-state index in [1.807, 2.05) is 24.3 Å². The van der Waals surface area contributed by atoms with Gasteiger partial charge in [-0.15, -0.1) is 0 Å². The zero-order valence-electron chi connectivity index (χ0n) is 16.4. The van der Waals surface area contributed by atoms with Crippen LogP contribution in [0.1, 0.15) is 43.0 Å². The summed E-state index contributed by atoms with van der Waals surface area (Å²) in [6, 6.07) is 12.7. The largest absolute Gasteiger partial charge is 0.463 e. The van der Waals surface area contributed by atoms with Gasteiger partial charge < -0.3 is 14.5 Å². The van der Waals surface area contributed by atoms with Crippen LogP contribution < -0.4 is 5.32 Å². The number of nitrogens with zero attached hydrogens (tertiary/aromatic N) is 1. The van der Waals surface area contributed by atoms with Crippen molar-refractivity contribution in [1.82, 2.24) is 10.3 Å². The van der Waals surface area contributed by atoms with Gasteiger partial charge in [0, 0.05) is 11.4 Å². The molecule has 150 valence electrons. The number of furan rings is 1. The molecule has 6 nitrogen and oxygen atoms in total. The number of benzene rings is 1. The summed E-state index contributed by atoms with van der Waals surface area (Å²) in [7, 11) is 0. The minimum atomic E-state index is -0.553. The van der Waals surface area contributed by atoms with Crippen LogP contribution in [0.4, 0.5) is 0 Å². The van der Waals surface area contributed by atoms with Crippen LogP contribution in [0.25, 0.3) is 22.4 Å². The fourth-order valence-electron chi connectivity index (χ4n) is 3.88. The highest BCUT2D eigenvalue weighted by molar-refractivity contribution is 6.05. The van der Waals surface area contributed by atoms with Gasteiger partial charge in [-0.1, -0.05) is 38.0 Å². The number of para-hydroxylation sites is 1. The minimum Gasteiger partial charge on any atom is -0.463 e. The van der Waals surface area contributed by atoms with Gasteiger partial charge in [0.25, 0.3) is 5.91 Å². The van der Waals surface area contributed by atoms with Gasteiger partial charge in [-0.3, -0.25) is 4.79 Å². The highest BCUT2D eigenvalue weighted by Gasteiger charge is 2.23. The number of amides is 1. The number of hydrogen-bond acceptors (Lipinski definition) is 5. The Kier molecular flexibility index (Phi) is 5.60. The van der Waals surface area contributed by atoms with E-state index in [1.165, 1.54) is 6.42 Å². The molecule has 1 amide bonds. The van der Waals surface area contributed by atoms with Crippen LogP contribution in [-0.4, -0.2) is 29.5 Å². The van der Waals surface area contributed by atoms with Gasteiger partial charge in [-0.2, -0.15) is 0 Å². The van der Waals surface area contributed by atoms with Crippen molar-refractivity contribution in [1.29, 1.82) is 0 Å². The van der Waals surface area contributed by atoms with E-state index in [2.05, 4.69) is 17.2 Å². The molecule has 4 rings (SSSR count). The van der Waals surface area contributed by atoms with Crippen molar-refractivity contribution in [3.8, 4) is 11.5 Å². The second kappa shape index (κ2) is 8.47. The summed E-state index contributed by atoms with van der Waals surface area (Å²) in [5.74, 6) is 0.196. The van der Waals surface area contributed by atoms with Gasteiger partial charge in [-0.05, 0) is 43.0 Å². The molecule has 0 spiro atoms. The predicted molar refractivity (Wildman–Crippen MR) is 109 cm³/mol. The number of aromatic nitrogens is 1. The molecule has 0 unspecified atom stereocenters. The predicted octanol–water partition coefficient (Wildman–Crippen LogP) is 4.35. The van der Waals surface area contributed by atoms with Crippen molar-refractivity contribution in [2.24, 2.45) is 5.92 Å². The maximum absolute atomic E-state index is 12.8. The second-order valence-corrected chi connectivity index (χ2v) is 7.56. The number of pyridine rings is 1. The monoisotopic (exact) mass is 392 g/mol. The first-order valence-corrected chi connectivity index (χ1v) is 10.0. The molecule has 0 aliphatic heterocycles. The molecule has 0 bridgehead atoms. The molecule has 1 fully saturated rings. The van der Waals surface area contributed by atoms with E-state index in [0.717, 1.165) is 19.3 Å². The average Bonchev–Trinajstić information content (AvgIpc) is 3.28. The summed E-state index contributed by atoms with van der Waals surface area (Å²) < 4.78 is 10.8. The molecule has 0 saturated heterocycles. The molecule has 1 saturated carbocycles. The summed E-state index contributed by atoms with van der Waals surface area (Å²) in [5, 5.41) is 3.68. The Morgan fingerprint density at radius 3 is 2.79 bits per heavy atom. The lowest BCUT2D eigenvalue weighted by molar-refractivity contribution is -0.125. The lowest BCUT2D eigenvalue weighted by Gasteiger charge is -2.29. The summed E-state index contributed by atoms with van der Waals surface area (Å²) in [5.41, 5.74) is 1.57. The number of esters is 1. The SMILES string of the molecule is C[C@H]1CCCC[C@H]1NC(=O)COC(=O)c1cc(-c2ccco2)nc2ccccc12. The van der Waals surface area contributed by atoms with Crippen LogP contribution in [0.3, 0.4) is 0 Å². The van der Waals surface area contributed by atoms with Crippen LogP contribution in [0.5, 0.6) is 0 Å². The normalized spacial score (nSPS) is 19.1. The molecule has 1 aliphatic rings. The molecule has 3 aromatic rings. The van der Waals surface area contributed by atoms with Gasteiger partial charge in [-0.25, -0.2) is 9.78 Å². The van der Waals surface area contributed by atoms with Crippen molar-refractivity contribution in [3.63, 3.8) is 0 Å². The maximum atomic E-state index is 12.8. The van der Waals surface area contributed by atoms with Crippen LogP contribution >= 0.6 is 0 Å². The van der Waals surface area contributed by atoms with Crippen molar-refractivity contribution in [2.75, 3.05) is 6.61 Å². The first-order valence-electron chi connectivity index (χ1n) is 10.0. The van der Waals surface area contributed by atoms with E-state index in [0.29, 0.717) is 33.8 Å². The highest BCUT2D eigenvalue weighted by atomic mass is 16.5. The smallest absolute Gasteiger partial charge is 0.339 e. The molecule has 1 aromatic carbocycles. The third kappa shape index (κ3) is 4.31. The van der Waals surface area contributed by atoms with E-state index >= 15 is 0 Å². The minimum absolute atomic E-state index is 0.155. The van der Waals surface area contributed by atoms with Gasteiger partial charge in [0.15, 0.2) is 12.4 Å². The number of ether oxygens (including phenoxy) is 1. The van der Waals surface area contributed by atoms with E-state index in [4.69, 9.17) is 9.15 Å². The molecule has 6 heteroatoms. The summed E-state index contributed by atoms with van der Waals surface area (Å²) in [6.45, 7) is 1.85. The van der Waals surface area contributed by atoms with Crippen molar-refractivity contribution >= 4 is 22.8 Å². The summed E-state index contributed by atoms with van der Waals surface area (Å²) >= 11 is 0. The van der Waals surface area contributed by atoms with Crippen molar-refractivity contribution in [3.05, 3.63) is 54.3 Å². The van der Waals surface area contributed by atoms with E-state index in [9.17, 15) is 9.59 Å². The van der Waals surface area contributed by atoms with Crippen molar-refractivity contribution < 1.29 is 18.7 Å². The van der Waals surface area contributed by atoms with Crippen LogP contribution in [0.15, 0.2) is 53.1 Å². The van der Waals surface area contributed by atoms with Gasteiger partial charge in [0.05, 0.1) is 17.3 Å². The fraction of sp³-hybridized carbons (Fsp3) is 0.348. The Morgan fingerprint density at radius 2 is 2.00 bits per heavy atom. The lowest BCUT2D eigenvalue weighted by atomic mass is 9.86. The lowest BCUT2D eigenvalue weighted by Crippen LogP contribution is -2.42. The highest BCUT2D eigenvalue weighted by Crippen LogP contribution is 2.26. The quantitative estimate of drug-likeness (QED) is 0.653. The van der Waals surface area contributed by atoms with Gasteiger partial charge in [0.1, 0.15) is 5.69 Å². The molecule has 2 heterocycles. The molecular weight excluding hydrogens is 368 g/mol. The molecular formula is C23H24N2O4. The summed E-state index contributed by atoms with van der Waals surface area (Å²) in [4.78, 5) is 29.6. The number of fused-ring (bicyclic) bond motifs is 1.